The van der Waals surface area contributed by atoms with Crippen LogP contribution in [0.2, 0.25) is 0 Å². The molecule has 14 heteroatoms. The molecule has 0 bridgehead atoms. The molecule has 10 nitrogen and oxygen atoms in total. The molecule has 1 saturated carbocycles. The molecule has 35 heavy (non-hydrogen) atoms. The Hall–Kier alpha value is -2.73. The van der Waals surface area contributed by atoms with E-state index < -0.39 is 27.0 Å². The van der Waals surface area contributed by atoms with E-state index in [0.29, 0.717) is 35.6 Å². The number of alkyl halides is 2. The summed E-state index contributed by atoms with van der Waals surface area (Å²) in [5, 5.41) is 20.1. The van der Waals surface area contributed by atoms with Crippen molar-refractivity contribution in [1.29, 1.82) is 5.26 Å². The maximum absolute atomic E-state index is 13.4. The van der Waals surface area contributed by atoms with Gasteiger partial charge in [-0.15, -0.1) is 10.2 Å². The molecule has 1 saturated heterocycles. The lowest BCUT2D eigenvalue weighted by atomic mass is 10.1. The standard InChI is InChI=1S/C21H24F2N8O2S2/c1-11-9-30(10-12(2)25-11)14-6-13(35(32,33)29-21(3)4-5-21)7-15-17(14)26-16(8-24)31(15)20-28-27-19(34-20)18(22)23/h6-7,11-12,18,25,29H,4-5,9-10H2,1-3H3/t11-,12-/m0/s1. The van der Waals surface area contributed by atoms with Crippen molar-refractivity contribution < 1.29 is 17.2 Å². The lowest BCUT2D eigenvalue weighted by molar-refractivity contribution is 0.150. The molecule has 2 fully saturated rings. The van der Waals surface area contributed by atoms with Crippen molar-refractivity contribution in [1.82, 2.24) is 29.8 Å². The van der Waals surface area contributed by atoms with E-state index in [2.05, 4.69) is 25.2 Å². The molecule has 2 N–H and O–H groups in total. The number of imidazole rings is 1. The van der Waals surface area contributed by atoms with Gasteiger partial charge in [0.15, 0.2) is 5.01 Å². The zero-order valence-electron chi connectivity index (χ0n) is 19.3. The van der Waals surface area contributed by atoms with Crippen LogP contribution in [0.15, 0.2) is 17.0 Å². The smallest absolute Gasteiger partial charge is 0.291 e. The average Bonchev–Trinajstić information content (AvgIpc) is 3.18. The minimum absolute atomic E-state index is 0.0104. The van der Waals surface area contributed by atoms with E-state index >= 15 is 0 Å². The summed E-state index contributed by atoms with van der Waals surface area (Å²) in [6.07, 6.45) is -1.34. The molecule has 0 spiro atoms. The molecule has 5 rings (SSSR count). The molecule has 2 atom stereocenters. The fourth-order valence-corrected chi connectivity index (χ4v) is 6.62. The SMILES string of the molecule is C[C@H]1CN(c2cc(S(=O)(=O)NC3(C)CC3)cc3c2nc(C#N)n3-c2nnc(C(F)F)s2)C[C@H](C)N1. The molecule has 3 heterocycles. The Labute approximate surface area is 205 Å². The number of anilines is 1. The van der Waals surface area contributed by atoms with E-state index in [9.17, 15) is 22.5 Å². The van der Waals surface area contributed by atoms with Gasteiger partial charge >= 0.3 is 0 Å². The van der Waals surface area contributed by atoms with Crippen LogP contribution in [-0.2, 0) is 10.0 Å². The summed E-state index contributed by atoms with van der Waals surface area (Å²) in [6, 6.07) is 5.24. The molecular weight excluding hydrogens is 498 g/mol. The van der Waals surface area contributed by atoms with Crippen LogP contribution in [0, 0.1) is 11.3 Å². The van der Waals surface area contributed by atoms with E-state index in [1.54, 1.807) is 6.07 Å². The van der Waals surface area contributed by atoms with Crippen LogP contribution < -0.4 is 14.9 Å². The number of sulfonamides is 1. The van der Waals surface area contributed by atoms with Crippen molar-refractivity contribution in [2.24, 2.45) is 0 Å². The second kappa shape index (κ2) is 8.44. The molecule has 1 aliphatic carbocycles. The van der Waals surface area contributed by atoms with Crippen molar-refractivity contribution >= 4 is 38.1 Å². The van der Waals surface area contributed by atoms with Crippen LogP contribution in [0.25, 0.3) is 16.2 Å². The van der Waals surface area contributed by atoms with Crippen LogP contribution in [0.3, 0.4) is 0 Å². The van der Waals surface area contributed by atoms with Gasteiger partial charge in [0.05, 0.1) is 16.1 Å². The Morgan fingerprint density at radius 3 is 2.51 bits per heavy atom. The summed E-state index contributed by atoms with van der Waals surface area (Å²) >= 11 is 0.630. The Balaban J connectivity index is 1.74. The second-order valence-electron chi connectivity index (χ2n) is 9.46. The largest absolute Gasteiger partial charge is 0.367 e. The number of aromatic nitrogens is 4. The molecule has 2 aliphatic rings. The van der Waals surface area contributed by atoms with Crippen LogP contribution in [0.4, 0.5) is 14.5 Å². The van der Waals surface area contributed by atoms with Gasteiger partial charge in [-0.05, 0) is 45.7 Å². The highest BCUT2D eigenvalue weighted by atomic mass is 32.2. The second-order valence-corrected chi connectivity index (χ2v) is 12.1. The summed E-state index contributed by atoms with van der Waals surface area (Å²) in [6.45, 7) is 7.09. The van der Waals surface area contributed by atoms with Crippen molar-refractivity contribution in [2.75, 3.05) is 18.0 Å². The third-order valence-electron chi connectivity index (χ3n) is 6.21. The highest BCUT2D eigenvalue weighted by Gasteiger charge is 2.41. The number of nitriles is 1. The highest BCUT2D eigenvalue weighted by molar-refractivity contribution is 7.89. The van der Waals surface area contributed by atoms with Crippen molar-refractivity contribution in [3.8, 4) is 11.2 Å². The van der Waals surface area contributed by atoms with Crippen LogP contribution in [0.1, 0.15) is 50.9 Å². The van der Waals surface area contributed by atoms with Gasteiger partial charge in [-0.25, -0.2) is 26.9 Å². The number of hydrogen-bond acceptors (Lipinski definition) is 9. The maximum atomic E-state index is 13.4. The summed E-state index contributed by atoms with van der Waals surface area (Å²) < 4.78 is 57.2. The summed E-state index contributed by atoms with van der Waals surface area (Å²) in [7, 11) is -3.91. The fourth-order valence-electron chi connectivity index (χ4n) is 4.40. The summed E-state index contributed by atoms with van der Waals surface area (Å²) in [4.78, 5) is 6.52. The Morgan fingerprint density at radius 2 is 1.94 bits per heavy atom. The van der Waals surface area contributed by atoms with Crippen molar-refractivity contribution in [3.63, 3.8) is 0 Å². The van der Waals surface area contributed by atoms with Gasteiger partial charge in [-0.1, -0.05) is 11.3 Å². The molecule has 3 aromatic rings. The number of rotatable bonds is 6. The Morgan fingerprint density at radius 1 is 1.26 bits per heavy atom. The predicted molar refractivity (Wildman–Crippen MR) is 126 cm³/mol. The zero-order valence-corrected chi connectivity index (χ0v) is 20.9. The minimum Gasteiger partial charge on any atom is -0.367 e. The van der Waals surface area contributed by atoms with E-state index in [0.717, 1.165) is 12.8 Å². The van der Waals surface area contributed by atoms with Gasteiger partial charge in [0.1, 0.15) is 11.6 Å². The summed E-state index contributed by atoms with van der Waals surface area (Å²) in [5.74, 6) is -0.0916. The number of piperazine rings is 1. The Bertz CT molecular complexity index is 1430. The molecule has 0 unspecified atom stereocenters. The molecule has 186 valence electrons. The lowest BCUT2D eigenvalue weighted by Gasteiger charge is -2.37. The van der Waals surface area contributed by atoms with Crippen LogP contribution in [-0.4, -0.2) is 58.9 Å². The van der Waals surface area contributed by atoms with Crippen LogP contribution in [0.5, 0.6) is 0 Å². The predicted octanol–water partition coefficient (Wildman–Crippen LogP) is 2.70. The topological polar surface area (TPSA) is 129 Å². The van der Waals surface area contributed by atoms with E-state index in [1.807, 2.05) is 31.7 Å². The molecule has 1 aromatic carbocycles. The molecular formula is C21H24F2N8O2S2. The number of nitrogens with zero attached hydrogens (tertiary/aromatic N) is 6. The van der Waals surface area contributed by atoms with Gasteiger partial charge in [0.25, 0.3) is 6.43 Å². The first-order chi connectivity index (χ1) is 16.5. The third-order valence-corrected chi connectivity index (χ3v) is 8.74. The first-order valence-corrected chi connectivity index (χ1v) is 13.4. The number of benzene rings is 1. The average molecular weight is 523 g/mol. The monoisotopic (exact) mass is 522 g/mol. The first kappa shape index (κ1) is 24.0. The minimum atomic E-state index is -3.91. The normalized spacial score (nSPS) is 22.0. The highest BCUT2D eigenvalue weighted by Crippen LogP contribution is 2.38. The molecule has 1 aliphatic heterocycles. The van der Waals surface area contributed by atoms with Crippen molar-refractivity contribution in [3.05, 3.63) is 23.0 Å². The lowest BCUT2D eigenvalue weighted by Crippen LogP contribution is -2.54. The third kappa shape index (κ3) is 4.49. The van der Waals surface area contributed by atoms with E-state index in [-0.39, 0.29) is 33.5 Å². The quantitative estimate of drug-likeness (QED) is 0.506. The number of halogens is 2. The van der Waals surface area contributed by atoms with E-state index in [1.165, 1.54) is 10.6 Å². The summed E-state index contributed by atoms with van der Waals surface area (Å²) in [5.41, 5.74) is 0.748. The molecule has 2 aromatic heterocycles. The van der Waals surface area contributed by atoms with Crippen LogP contribution >= 0.6 is 11.3 Å². The van der Waals surface area contributed by atoms with Crippen molar-refractivity contribution in [2.45, 2.75) is 62.6 Å². The number of fused-ring (bicyclic) bond motifs is 1. The molecule has 0 radical (unpaired) electrons. The fraction of sp³-hybridized carbons (Fsp3) is 0.524. The zero-order chi connectivity index (χ0) is 25.1. The van der Waals surface area contributed by atoms with Gasteiger partial charge in [-0.3, -0.25) is 4.57 Å². The van der Waals surface area contributed by atoms with E-state index in [4.69, 9.17) is 0 Å². The van der Waals surface area contributed by atoms with Gasteiger partial charge in [0.2, 0.25) is 21.0 Å². The number of nitrogens with one attached hydrogen (secondary N) is 2. The van der Waals surface area contributed by atoms with Gasteiger partial charge in [0, 0.05) is 30.7 Å². The van der Waals surface area contributed by atoms with Gasteiger partial charge < -0.3 is 10.2 Å². The number of hydrogen-bond donors (Lipinski definition) is 2. The maximum Gasteiger partial charge on any atom is 0.291 e. The van der Waals surface area contributed by atoms with Gasteiger partial charge in [-0.2, -0.15) is 5.26 Å². The Kier molecular flexibility index (Phi) is 5.78. The molecule has 0 amide bonds. The first-order valence-electron chi connectivity index (χ1n) is 11.1.